The highest BCUT2D eigenvalue weighted by atomic mass is 32.1. The Balaban J connectivity index is 1.91. The van der Waals surface area contributed by atoms with Crippen molar-refractivity contribution in [3.63, 3.8) is 0 Å². The van der Waals surface area contributed by atoms with Crippen LogP contribution in [0, 0.1) is 6.92 Å². The summed E-state index contributed by atoms with van der Waals surface area (Å²) in [5.41, 5.74) is 5.17. The summed E-state index contributed by atoms with van der Waals surface area (Å²) in [5, 5.41) is 2.24. The fourth-order valence-electron chi connectivity index (χ4n) is 2.76. The third-order valence-corrected chi connectivity index (χ3v) is 5.16. The zero-order chi connectivity index (χ0) is 18.3. The number of amides is 3. The Hall–Kier alpha value is -2.75. The smallest absolute Gasteiger partial charge is 0.349 e. The molecule has 0 radical (unpaired) electrons. The number of rotatable bonds is 3. The lowest BCUT2D eigenvalue weighted by Gasteiger charge is -2.11. The highest BCUT2D eigenvalue weighted by Gasteiger charge is 2.26. The van der Waals surface area contributed by atoms with Gasteiger partial charge in [0.2, 0.25) is 0 Å². The van der Waals surface area contributed by atoms with Gasteiger partial charge in [-0.1, -0.05) is 0 Å². The first-order valence-electron chi connectivity index (χ1n) is 7.63. The molecule has 132 valence electrons. The Morgan fingerprint density at radius 3 is 2.80 bits per heavy atom. The number of imide groups is 1. The number of carbonyl (C=O) groups is 3. The number of nitrogens with zero attached hydrogens (tertiary/aromatic N) is 2. The van der Waals surface area contributed by atoms with Gasteiger partial charge in [0.15, 0.2) is 6.10 Å². The number of esters is 1. The van der Waals surface area contributed by atoms with Crippen LogP contribution in [-0.4, -0.2) is 33.6 Å². The molecule has 1 aliphatic rings. The van der Waals surface area contributed by atoms with Crippen molar-refractivity contribution in [1.29, 1.82) is 0 Å². The van der Waals surface area contributed by atoms with Gasteiger partial charge in [-0.2, -0.15) is 0 Å². The maximum Gasteiger partial charge on any atom is 0.349 e. The third kappa shape index (κ3) is 3.00. The fourth-order valence-corrected chi connectivity index (χ4v) is 3.83. The van der Waals surface area contributed by atoms with E-state index in [9.17, 15) is 19.2 Å². The lowest BCUT2D eigenvalue weighted by molar-refractivity contribution is -0.127. The molecule has 2 aromatic rings. The molecule has 0 aromatic carbocycles. The van der Waals surface area contributed by atoms with Gasteiger partial charge in [0, 0.05) is 13.0 Å². The quantitative estimate of drug-likeness (QED) is 0.760. The Kier molecular flexibility index (Phi) is 4.29. The number of nitrogens with one attached hydrogen (secondary N) is 1. The van der Waals surface area contributed by atoms with Gasteiger partial charge in [-0.25, -0.2) is 14.6 Å². The molecule has 0 aliphatic carbocycles. The SMILES string of the molecule is Cc1c(C(=O)O[C@@H](C)C(=O)NC(N)=O)sc2nc3n(c(=O)c12)CCC3. The van der Waals surface area contributed by atoms with Gasteiger partial charge in [0.1, 0.15) is 15.5 Å². The molecule has 3 amide bonds. The van der Waals surface area contributed by atoms with E-state index < -0.39 is 24.0 Å². The van der Waals surface area contributed by atoms with Gasteiger partial charge in [-0.15, -0.1) is 11.3 Å². The second-order valence-corrected chi connectivity index (χ2v) is 6.72. The van der Waals surface area contributed by atoms with Gasteiger partial charge in [0.05, 0.1) is 5.39 Å². The first-order valence-corrected chi connectivity index (χ1v) is 8.45. The minimum Gasteiger partial charge on any atom is -0.448 e. The Bertz CT molecular complexity index is 961. The number of fused-ring (bicyclic) bond motifs is 2. The monoisotopic (exact) mass is 364 g/mol. The Morgan fingerprint density at radius 2 is 2.12 bits per heavy atom. The maximum absolute atomic E-state index is 12.6. The average molecular weight is 364 g/mol. The van der Waals surface area contributed by atoms with Gasteiger partial charge >= 0.3 is 12.0 Å². The molecular formula is C15H16N4O5S. The van der Waals surface area contributed by atoms with Crippen LogP contribution in [0.25, 0.3) is 10.2 Å². The van der Waals surface area contributed by atoms with Crippen LogP contribution >= 0.6 is 11.3 Å². The van der Waals surface area contributed by atoms with Crippen molar-refractivity contribution in [3.8, 4) is 0 Å². The summed E-state index contributed by atoms with van der Waals surface area (Å²) in [4.78, 5) is 52.4. The molecule has 1 aliphatic heterocycles. The van der Waals surface area contributed by atoms with E-state index in [1.165, 1.54) is 6.92 Å². The molecule has 0 fully saturated rings. The lowest BCUT2D eigenvalue weighted by Crippen LogP contribution is -2.42. The van der Waals surface area contributed by atoms with Crippen molar-refractivity contribution in [2.45, 2.75) is 39.3 Å². The molecule has 3 heterocycles. The summed E-state index contributed by atoms with van der Waals surface area (Å²) >= 11 is 1.06. The van der Waals surface area contributed by atoms with E-state index in [4.69, 9.17) is 10.5 Å². The van der Waals surface area contributed by atoms with Gasteiger partial charge in [-0.05, 0) is 25.8 Å². The zero-order valence-corrected chi connectivity index (χ0v) is 14.4. The second kappa shape index (κ2) is 6.28. The van der Waals surface area contributed by atoms with Crippen LogP contribution in [0.2, 0.25) is 0 Å². The minimum atomic E-state index is -1.20. The van der Waals surface area contributed by atoms with Crippen LogP contribution in [-0.2, 0) is 22.5 Å². The van der Waals surface area contributed by atoms with E-state index in [1.54, 1.807) is 11.5 Å². The molecule has 10 heteroatoms. The molecule has 3 N–H and O–H groups in total. The van der Waals surface area contributed by atoms with E-state index in [0.29, 0.717) is 28.1 Å². The topological polar surface area (TPSA) is 133 Å². The highest BCUT2D eigenvalue weighted by molar-refractivity contribution is 7.20. The Morgan fingerprint density at radius 1 is 1.40 bits per heavy atom. The van der Waals surface area contributed by atoms with Gasteiger partial charge < -0.3 is 10.5 Å². The Labute approximate surface area is 145 Å². The number of carbonyl (C=O) groups excluding carboxylic acids is 3. The number of aromatic nitrogens is 2. The maximum atomic E-state index is 12.6. The van der Waals surface area contributed by atoms with Crippen LogP contribution in [0.15, 0.2) is 4.79 Å². The highest BCUT2D eigenvalue weighted by Crippen LogP contribution is 2.29. The van der Waals surface area contributed by atoms with Crippen LogP contribution in [0.5, 0.6) is 0 Å². The molecule has 2 aromatic heterocycles. The number of nitrogens with two attached hydrogens (primary N) is 1. The first-order chi connectivity index (χ1) is 11.8. The van der Waals surface area contributed by atoms with Crippen molar-refractivity contribution in [2.75, 3.05) is 0 Å². The number of hydrogen-bond acceptors (Lipinski definition) is 7. The van der Waals surface area contributed by atoms with Gasteiger partial charge in [-0.3, -0.25) is 19.5 Å². The number of urea groups is 1. The molecule has 0 bridgehead atoms. The minimum absolute atomic E-state index is 0.162. The normalized spacial score (nSPS) is 14.2. The van der Waals surface area contributed by atoms with Crippen LogP contribution < -0.4 is 16.6 Å². The molecule has 0 saturated carbocycles. The summed E-state index contributed by atoms with van der Waals surface area (Å²) in [5.74, 6) is -0.859. The molecule has 0 spiro atoms. The molecule has 0 unspecified atom stereocenters. The van der Waals surface area contributed by atoms with Crippen molar-refractivity contribution in [3.05, 3.63) is 26.6 Å². The van der Waals surface area contributed by atoms with Crippen molar-refractivity contribution < 1.29 is 19.1 Å². The largest absolute Gasteiger partial charge is 0.448 e. The zero-order valence-electron chi connectivity index (χ0n) is 13.6. The molecular weight excluding hydrogens is 348 g/mol. The summed E-state index contributed by atoms with van der Waals surface area (Å²) in [6, 6.07) is -1.03. The lowest BCUT2D eigenvalue weighted by atomic mass is 10.2. The van der Waals surface area contributed by atoms with Crippen molar-refractivity contribution >= 4 is 39.5 Å². The summed E-state index contributed by atoms with van der Waals surface area (Å²) in [6.07, 6.45) is 0.398. The average Bonchev–Trinajstić information content (AvgIpc) is 3.12. The van der Waals surface area contributed by atoms with E-state index >= 15 is 0 Å². The van der Waals surface area contributed by atoms with Crippen LogP contribution in [0.4, 0.5) is 4.79 Å². The van der Waals surface area contributed by atoms with Gasteiger partial charge in [0.25, 0.3) is 11.5 Å². The number of thiophene rings is 1. The summed E-state index contributed by atoms with van der Waals surface area (Å²) in [7, 11) is 0. The number of primary amides is 1. The van der Waals surface area contributed by atoms with E-state index in [-0.39, 0.29) is 10.4 Å². The van der Waals surface area contributed by atoms with Crippen molar-refractivity contribution in [1.82, 2.24) is 14.9 Å². The molecule has 3 rings (SSSR count). The van der Waals surface area contributed by atoms with E-state index in [1.807, 2.05) is 5.32 Å². The standard InChI is InChI=1S/C15H16N4O5S/c1-6-9-12(17-8-4-3-5-19(8)13(9)21)25-10(6)14(22)24-7(2)11(20)18-15(16)23/h7H,3-5H2,1-2H3,(H3,16,18,20,23)/t7-/m0/s1. The summed E-state index contributed by atoms with van der Waals surface area (Å²) < 4.78 is 6.69. The van der Waals surface area contributed by atoms with Crippen LogP contribution in [0.1, 0.15) is 34.4 Å². The molecule has 9 nitrogen and oxygen atoms in total. The fraction of sp³-hybridized carbons (Fsp3) is 0.400. The second-order valence-electron chi connectivity index (χ2n) is 5.73. The van der Waals surface area contributed by atoms with Crippen LogP contribution in [0.3, 0.4) is 0 Å². The predicted octanol–water partition coefficient (Wildman–Crippen LogP) is 0.453. The molecule has 1 atom stereocenters. The first kappa shape index (κ1) is 17.1. The van der Waals surface area contributed by atoms with E-state index in [0.717, 1.165) is 24.2 Å². The van der Waals surface area contributed by atoms with Crippen molar-refractivity contribution in [2.24, 2.45) is 5.73 Å². The van der Waals surface area contributed by atoms with E-state index in [2.05, 4.69) is 4.98 Å². The summed E-state index contributed by atoms with van der Waals surface area (Å²) in [6.45, 7) is 3.59. The number of hydrogen-bond donors (Lipinski definition) is 2. The number of aryl methyl sites for hydroxylation is 2. The third-order valence-electron chi connectivity index (χ3n) is 4.00. The molecule has 0 saturated heterocycles. The molecule has 25 heavy (non-hydrogen) atoms. The number of ether oxygens (including phenoxy) is 1. The predicted molar refractivity (Wildman–Crippen MR) is 89.5 cm³/mol.